The fourth-order valence-corrected chi connectivity index (χ4v) is 5.58. The van der Waals surface area contributed by atoms with Gasteiger partial charge in [0, 0.05) is 78.5 Å². The Morgan fingerprint density at radius 1 is 0.872 bits per heavy atom. The maximum Gasteiger partial charge on any atom is 0.274 e. The second-order valence-electron chi connectivity index (χ2n) is 11.4. The molecular weight excluding hydrogens is 598 g/mol. The molecule has 0 radical (unpaired) electrons. The number of anilines is 4. The molecule has 1 unspecified atom stereocenters. The van der Waals surface area contributed by atoms with Crippen molar-refractivity contribution in [2.45, 2.75) is 25.6 Å². The van der Waals surface area contributed by atoms with Crippen LogP contribution in [0.4, 0.5) is 22.9 Å². The van der Waals surface area contributed by atoms with Gasteiger partial charge >= 0.3 is 0 Å². The zero-order chi connectivity index (χ0) is 32.0. The topological polar surface area (TPSA) is 131 Å². The molecule has 2 fully saturated rings. The average molecular weight is 634 g/mol. The Morgan fingerprint density at radius 3 is 2.47 bits per heavy atom. The van der Waals surface area contributed by atoms with Crippen molar-refractivity contribution in [2.24, 2.45) is 0 Å². The molecule has 2 saturated heterocycles. The van der Waals surface area contributed by atoms with E-state index < -0.39 is 6.29 Å². The number of ether oxygens (including phenoxy) is 2. The van der Waals surface area contributed by atoms with Crippen LogP contribution in [0.1, 0.15) is 40.0 Å². The zero-order valence-electron chi connectivity index (χ0n) is 25.7. The number of nitrogens with zero attached hydrogens (tertiary/aromatic N) is 4. The Kier molecular flexibility index (Phi) is 9.04. The number of hydrogen-bond acceptors (Lipinski definition) is 9. The van der Waals surface area contributed by atoms with Gasteiger partial charge in [-0.1, -0.05) is 12.1 Å². The van der Waals surface area contributed by atoms with Gasteiger partial charge in [0.25, 0.3) is 11.8 Å². The van der Waals surface area contributed by atoms with E-state index in [0.717, 1.165) is 62.5 Å². The zero-order valence-corrected chi connectivity index (χ0v) is 25.7. The van der Waals surface area contributed by atoms with Crippen molar-refractivity contribution in [1.82, 2.24) is 19.8 Å². The molecule has 2 aliphatic heterocycles. The summed E-state index contributed by atoms with van der Waals surface area (Å²) in [7, 11) is 0. The number of carbonyl (C=O) groups is 2. The maximum absolute atomic E-state index is 13.2. The Balaban J connectivity index is 1.03. The molecule has 3 aromatic carbocycles. The predicted octanol–water partition coefficient (Wildman–Crippen LogP) is 5.42. The SMILES string of the molecule is O=C(NOC1CCCCO1)c1ccc(NC(=O)c2cccc(-c3cn4ccnc4c(Nc4ccc(N5CCOCC5)cc4)n3)c2)cc1. The van der Waals surface area contributed by atoms with Gasteiger partial charge in [-0.05, 0) is 73.5 Å². The van der Waals surface area contributed by atoms with Crippen molar-refractivity contribution in [3.05, 3.63) is 103 Å². The summed E-state index contributed by atoms with van der Waals surface area (Å²) in [4.78, 5) is 42.8. The highest BCUT2D eigenvalue weighted by Crippen LogP contribution is 2.27. The first-order valence-electron chi connectivity index (χ1n) is 15.7. The predicted molar refractivity (Wildman–Crippen MR) is 178 cm³/mol. The van der Waals surface area contributed by atoms with E-state index in [-0.39, 0.29) is 11.8 Å². The van der Waals surface area contributed by atoms with Crippen molar-refractivity contribution >= 4 is 40.3 Å². The molecule has 0 aliphatic carbocycles. The number of rotatable bonds is 9. The van der Waals surface area contributed by atoms with Crippen molar-refractivity contribution in [2.75, 3.05) is 48.4 Å². The number of fused-ring (bicyclic) bond motifs is 1. The minimum absolute atomic E-state index is 0.288. The van der Waals surface area contributed by atoms with Gasteiger partial charge < -0.3 is 29.4 Å². The maximum atomic E-state index is 13.2. The molecule has 47 heavy (non-hydrogen) atoms. The summed E-state index contributed by atoms with van der Waals surface area (Å²) in [5.41, 5.74) is 8.04. The average Bonchev–Trinajstić information content (AvgIpc) is 3.61. The number of hydrogen-bond donors (Lipinski definition) is 3. The highest BCUT2D eigenvalue weighted by atomic mass is 16.8. The van der Waals surface area contributed by atoms with Gasteiger partial charge in [-0.25, -0.2) is 20.3 Å². The summed E-state index contributed by atoms with van der Waals surface area (Å²) >= 11 is 0. The van der Waals surface area contributed by atoms with Crippen LogP contribution >= 0.6 is 0 Å². The number of carbonyl (C=O) groups excluding carboxylic acids is 2. The van der Waals surface area contributed by atoms with E-state index in [1.165, 1.54) is 0 Å². The minimum atomic E-state index is -0.430. The number of hydroxylamine groups is 1. The van der Waals surface area contributed by atoms with E-state index in [4.69, 9.17) is 19.3 Å². The molecular formula is C35H35N7O5. The molecule has 5 aromatic rings. The van der Waals surface area contributed by atoms with E-state index in [1.807, 2.05) is 41.1 Å². The lowest BCUT2D eigenvalue weighted by Crippen LogP contribution is -2.36. The van der Waals surface area contributed by atoms with Crippen molar-refractivity contribution in [3.63, 3.8) is 0 Å². The lowest BCUT2D eigenvalue weighted by atomic mass is 10.1. The van der Waals surface area contributed by atoms with E-state index in [9.17, 15) is 9.59 Å². The first-order valence-corrected chi connectivity index (χ1v) is 15.7. The summed E-state index contributed by atoms with van der Waals surface area (Å²) in [5, 5.41) is 6.33. The summed E-state index contributed by atoms with van der Waals surface area (Å²) in [6.07, 6.45) is 7.78. The van der Waals surface area contributed by atoms with Gasteiger partial charge in [-0.2, -0.15) is 0 Å². The molecule has 12 heteroatoms. The Morgan fingerprint density at radius 2 is 1.68 bits per heavy atom. The monoisotopic (exact) mass is 633 g/mol. The van der Waals surface area contributed by atoms with E-state index in [1.54, 1.807) is 42.6 Å². The second-order valence-corrected chi connectivity index (χ2v) is 11.4. The summed E-state index contributed by atoms with van der Waals surface area (Å²) < 4.78 is 12.9. The lowest BCUT2D eigenvalue weighted by Gasteiger charge is -2.28. The van der Waals surface area contributed by atoms with Crippen LogP contribution in [0.5, 0.6) is 0 Å². The van der Waals surface area contributed by atoms with Crippen LogP contribution in [0.2, 0.25) is 0 Å². The standard InChI is InChI=1S/C35H35N7O5/c43-34(38-28-9-7-24(8-10-28)35(44)40-47-31-6-1-2-19-46-31)26-5-3-4-25(22-26)30-23-42-16-15-36-33(42)32(39-30)37-27-11-13-29(14-12-27)41-17-20-45-21-18-41/h3-5,7-16,22-23,31H,1-2,6,17-21H2,(H,37,39)(H,38,43)(H,40,44). The van der Waals surface area contributed by atoms with Crippen molar-refractivity contribution < 1.29 is 23.9 Å². The third kappa shape index (κ3) is 7.25. The van der Waals surface area contributed by atoms with Gasteiger partial charge in [0.15, 0.2) is 17.8 Å². The van der Waals surface area contributed by atoms with Crippen LogP contribution in [0, 0.1) is 0 Å². The van der Waals surface area contributed by atoms with Crippen molar-refractivity contribution in [3.8, 4) is 11.3 Å². The molecule has 240 valence electrons. The van der Waals surface area contributed by atoms with Crippen LogP contribution in [0.25, 0.3) is 16.9 Å². The number of amides is 2. The molecule has 0 saturated carbocycles. The third-order valence-corrected chi connectivity index (χ3v) is 8.13. The Bertz CT molecular complexity index is 1850. The van der Waals surface area contributed by atoms with Gasteiger partial charge in [-0.3, -0.25) is 9.59 Å². The van der Waals surface area contributed by atoms with Crippen LogP contribution in [-0.2, 0) is 14.3 Å². The number of benzene rings is 3. The largest absolute Gasteiger partial charge is 0.378 e. The van der Waals surface area contributed by atoms with Crippen LogP contribution in [0.15, 0.2) is 91.4 Å². The second kappa shape index (κ2) is 14.0. The Hall–Kier alpha value is -5.30. The Labute approximate surface area is 271 Å². The smallest absolute Gasteiger partial charge is 0.274 e. The molecule has 3 N–H and O–H groups in total. The van der Waals surface area contributed by atoms with E-state index in [2.05, 4.69) is 38.1 Å². The molecule has 0 spiro atoms. The van der Waals surface area contributed by atoms with Gasteiger partial charge in [0.1, 0.15) is 0 Å². The molecule has 1 atom stereocenters. The van der Waals surface area contributed by atoms with E-state index in [0.29, 0.717) is 40.6 Å². The van der Waals surface area contributed by atoms with Gasteiger partial charge in [-0.15, -0.1) is 0 Å². The summed E-state index contributed by atoms with van der Waals surface area (Å²) in [5.74, 6) is -0.0718. The first kappa shape index (κ1) is 30.4. The first-order chi connectivity index (χ1) is 23.1. The molecule has 2 aliphatic rings. The highest BCUT2D eigenvalue weighted by molar-refractivity contribution is 6.05. The fraction of sp³-hybridized carbons (Fsp3) is 0.257. The summed E-state index contributed by atoms with van der Waals surface area (Å²) in [6.45, 7) is 3.84. The third-order valence-electron chi connectivity index (χ3n) is 8.13. The molecule has 2 aromatic heterocycles. The van der Waals surface area contributed by atoms with Crippen molar-refractivity contribution in [1.29, 1.82) is 0 Å². The molecule has 12 nitrogen and oxygen atoms in total. The van der Waals surface area contributed by atoms with E-state index >= 15 is 0 Å². The normalized spacial score (nSPS) is 16.5. The highest BCUT2D eigenvalue weighted by Gasteiger charge is 2.17. The molecule has 0 bridgehead atoms. The lowest BCUT2D eigenvalue weighted by molar-refractivity contribution is -0.186. The summed E-state index contributed by atoms with van der Waals surface area (Å²) in [6, 6.07) is 22.1. The number of aromatic nitrogens is 3. The van der Waals surface area contributed by atoms with Gasteiger partial charge in [0.05, 0.1) is 18.9 Å². The fourth-order valence-electron chi connectivity index (χ4n) is 5.58. The number of nitrogens with one attached hydrogen (secondary N) is 3. The minimum Gasteiger partial charge on any atom is -0.378 e. The number of imidazole rings is 1. The number of morpholine rings is 1. The van der Waals surface area contributed by atoms with Crippen LogP contribution in [-0.4, -0.2) is 65.4 Å². The molecule has 4 heterocycles. The molecule has 7 rings (SSSR count). The molecule has 2 amide bonds. The quantitative estimate of drug-likeness (QED) is 0.182. The van der Waals surface area contributed by atoms with Crippen LogP contribution < -0.4 is 21.0 Å². The van der Waals surface area contributed by atoms with Crippen LogP contribution in [0.3, 0.4) is 0 Å². The van der Waals surface area contributed by atoms with Gasteiger partial charge in [0.2, 0.25) is 0 Å².